The number of hydrogen-bond acceptors (Lipinski definition) is 1. The summed E-state index contributed by atoms with van der Waals surface area (Å²) in [4.78, 5) is 13.2. The van der Waals surface area contributed by atoms with Crippen molar-refractivity contribution in [3.8, 4) is 12.3 Å². The zero-order chi connectivity index (χ0) is 11.8. The maximum atomic E-state index is 11.6. The molecular weight excluding hydrogens is 212 g/mol. The summed E-state index contributed by atoms with van der Waals surface area (Å²) in [5, 5.41) is 3.12. The molecule has 2 N–H and O–H groups in total. The first-order valence-corrected chi connectivity index (χ1v) is 6.86. The van der Waals surface area contributed by atoms with Gasteiger partial charge in [0.15, 0.2) is 0 Å². The van der Waals surface area contributed by atoms with E-state index >= 15 is 0 Å². The Morgan fingerprint density at radius 2 is 2.24 bits per heavy atom. The van der Waals surface area contributed by atoms with Gasteiger partial charge < -0.3 is 10.2 Å². The summed E-state index contributed by atoms with van der Waals surface area (Å²) in [6.07, 6.45) is 10.2. The third-order valence-electron chi connectivity index (χ3n) is 4.74. The molecule has 0 aromatic rings. The van der Waals surface area contributed by atoms with Crippen molar-refractivity contribution in [3.05, 3.63) is 0 Å². The largest absolute Gasteiger partial charge is 0.350 e. The van der Waals surface area contributed by atoms with Crippen molar-refractivity contribution >= 4 is 5.91 Å². The second-order valence-electron chi connectivity index (χ2n) is 5.89. The van der Waals surface area contributed by atoms with Crippen LogP contribution in [0, 0.1) is 30.1 Å². The van der Waals surface area contributed by atoms with E-state index in [1.807, 2.05) is 0 Å². The molecule has 1 saturated carbocycles. The Kier molecular flexibility index (Phi) is 2.84. The van der Waals surface area contributed by atoms with Gasteiger partial charge in [0.1, 0.15) is 6.04 Å². The second-order valence-corrected chi connectivity index (χ2v) is 5.89. The summed E-state index contributed by atoms with van der Waals surface area (Å²) in [6.45, 7) is 3.22. The van der Waals surface area contributed by atoms with E-state index in [0.717, 1.165) is 25.9 Å². The molecule has 4 fully saturated rings. The molecule has 1 aliphatic carbocycles. The molecule has 3 saturated heterocycles. The van der Waals surface area contributed by atoms with Crippen LogP contribution in [0.5, 0.6) is 0 Å². The Labute approximate surface area is 103 Å². The SMILES string of the molecule is C#C[C@H]1C[NH+]2CC[C@@H]1C[C@@H]2CNC(=O)C1CC1. The molecule has 0 radical (unpaired) electrons. The number of amides is 1. The third-order valence-corrected chi connectivity index (χ3v) is 4.74. The number of carbonyl (C=O) groups is 1. The maximum absolute atomic E-state index is 11.6. The molecule has 0 aromatic carbocycles. The number of fused-ring (bicyclic) bond motifs is 3. The van der Waals surface area contributed by atoms with Gasteiger partial charge in [0, 0.05) is 18.8 Å². The highest BCUT2D eigenvalue weighted by Crippen LogP contribution is 2.29. The van der Waals surface area contributed by atoms with E-state index in [1.165, 1.54) is 19.4 Å². The van der Waals surface area contributed by atoms with Gasteiger partial charge in [-0.3, -0.25) is 4.79 Å². The molecule has 0 aromatic heterocycles. The quantitative estimate of drug-likeness (QED) is 0.630. The molecule has 1 unspecified atom stereocenters. The molecule has 3 nitrogen and oxygen atoms in total. The van der Waals surface area contributed by atoms with Crippen molar-refractivity contribution in [3.63, 3.8) is 0 Å². The average molecular weight is 233 g/mol. The number of piperidine rings is 3. The zero-order valence-corrected chi connectivity index (χ0v) is 10.2. The van der Waals surface area contributed by atoms with Crippen molar-refractivity contribution in [2.45, 2.75) is 31.7 Å². The predicted octanol–water partition coefficient (Wildman–Crippen LogP) is -0.561. The van der Waals surface area contributed by atoms with Gasteiger partial charge in [-0.2, -0.15) is 0 Å². The van der Waals surface area contributed by atoms with E-state index in [9.17, 15) is 4.79 Å². The van der Waals surface area contributed by atoms with E-state index in [4.69, 9.17) is 6.42 Å². The number of hydrogen-bond donors (Lipinski definition) is 2. The first kappa shape index (κ1) is 11.1. The van der Waals surface area contributed by atoms with Crippen LogP contribution in [0.25, 0.3) is 0 Å². The van der Waals surface area contributed by atoms with E-state index in [1.54, 1.807) is 4.90 Å². The van der Waals surface area contributed by atoms with Crippen LogP contribution < -0.4 is 10.2 Å². The highest BCUT2D eigenvalue weighted by atomic mass is 16.2. The minimum absolute atomic E-state index is 0.278. The van der Waals surface area contributed by atoms with Crippen LogP contribution >= 0.6 is 0 Å². The zero-order valence-electron chi connectivity index (χ0n) is 10.2. The first-order valence-electron chi connectivity index (χ1n) is 6.86. The lowest BCUT2D eigenvalue weighted by Gasteiger charge is -2.45. The summed E-state index contributed by atoms with van der Waals surface area (Å²) < 4.78 is 0. The predicted molar refractivity (Wildman–Crippen MR) is 65.3 cm³/mol. The van der Waals surface area contributed by atoms with Crippen LogP contribution in [0.2, 0.25) is 0 Å². The van der Waals surface area contributed by atoms with Crippen molar-refractivity contribution in [2.24, 2.45) is 17.8 Å². The smallest absolute Gasteiger partial charge is 0.223 e. The average Bonchev–Trinajstić information content (AvgIpc) is 3.20. The highest BCUT2D eigenvalue weighted by Gasteiger charge is 2.43. The van der Waals surface area contributed by atoms with E-state index < -0.39 is 0 Å². The van der Waals surface area contributed by atoms with E-state index in [-0.39, 0.29) is 5.91 Å². The minimum Gasteiger partial charge on any atom is -0.350 e. The fourth-order valence-corrected chi connectivity index (χ4v) is 3.44. The molecule has 0 spiro atoms. The van der Waals surface area contributed by atoms with Crippen LogP contribution in [0.3, 0.4) is 0 Å². The molecule has 4 rings (SSSR count). The Morgan fingerprint density at radius 1 is 1.41 bits per heavy atom. The lowest BCUT2D eigenvalue weighted by molar-refractivity contribution is -0.943. The van der Waals surface area contributed by atoms with Gasteiger partial charge >= 0.3 is 0 Å². The molecule has 3 heterocycles. The Morgan fingerprint density at radius 3 is 2.82 bits per heavy atom. The van der Waals surface area contributed by atoms with Gasteiger partial charge in [-0.1, -0.05) is 5.92 Å². The molecule has 92 valence electrons. The van der Waals surface area contributed by atoms with Gasteiger partial charge in [0.05, 0.1) is 25.6 Å². The van der Waals surface area contributed by atoms with E-state index in [0.29, 0.717) is 23.8 Å². The summed E-state index contributed by atoms with van der Waals surface area (Å²) in [6, 6.07) is 0.612. The van der Waals surface area contributed by atoms with Crippen LogP contribution in [0.1, 0.15) is 25.7 Å². The highest BCUT2D eigenvalue weighted by molar-refractivity contribution is 5.80. The molecule has 3 heteroatoms. The number of terminal acetylenes is 1. The molecule has 1 amide bonds. The van der Waals surface area contributed by atoms with Crippen LogP contribution in [0.4, 0.5) is 0 Å². The number of nitrogens with one attached hydrogen (secondary N) is 2. The van der Waals surface area contributed by atoms with Gasteiger partial charge in [-0.25, -0.2) is 0 Å². The summed E-state index contributed by atoms with van der Waals surface area (Å²) >= 11 is 0. The Hall–Kier alpha value is -1.01. The minimum atomic E-state index is 0.278. The molecular formula is C14H21N2O+. The molecule has 17 heavy (non-hydrogen) atoms. The fraction of sp³-hybridized carbons (Fsp3) is 0.786. The first-order chi connectivity index (χ1) is 8.28. The summed E-state index contributed by atoms with van der Waals surface area (Å²) in [5.41, 5.74) is 0. The maximum Gasteiger partial charge on any atom is 0.223 e. The van der Waals surface area contributed by atoms with Crippen LogP contribution in [0.15, 0.2) is 0 Å². The fourth-order valence-electron chi connectivity index (χ4n) is 3.44. The number of rotatable bonds is 3. The summed E-state index contributed by atoms with van der Waals surface area (Å²) in [5.74, 6) is 4.74. The second kappa shape index (κ2) is 4.34. The van der Waals surface area contributed by atoms with Gasteiger partial charge in [0.2, 0.25) is 5.91 Å². The number of carbonyl (C=O) groups excluding carboxylic acids is 1. The van der Waals surface area contributed by atoms with Crippen molar-refractivity contribution in [1.29, 1.82) is 0 Å². The lowest BCUT2D eigenvalue weighted by atomic mass is 9.76. The standard InChI is InChI=1S/C14H20N2O/c1-2-10-9-16-6-5-12(10)7-13(16)8-15-14(17)11-3-4-11/h1,10-13H,3-9H2,(H,15,17)/p+1/t10-,12+,13+/m0/s1. The van der Waals surface area contributed by atoms with E-state index in [2.05, 4.69) is 11.2 Å². The Bertz CT molecular complexity index is 356. The Balaban J connectivity index is 1.52. The molecule has 2 bridgehead atoms. The monoisotopic (exact) mass is 233 g/mol. The number of quaternary nitrogens is 1. The van der Waals surface area contributed by atoms with Crippen molar-refractivity contribution in [1.82, 2.24) is 5.32 Å². The molecule has 3 aliphatic heterocycles. The lowest BCUT2D eigenvalue weighted by Crippen LogP contribution is -3.20. The van der Waals surface area contributed by atoms with Gasteiger partial charge in [-0.05, 0) is 18.8 Å². The molecule has 4 atom stereocenters. The normalized spacial score (nSPS) is 39.7. The van der Waals surface area contributed by atoms with Gasteiger partial charge in [-0.15, -0.1) is 6.42 Å². The van der Waals surface area contributed by atoms with Crippen LogP contribution in [-0.2, 0) is 4.79 Å². The third kappa shape index (κ3) is 2.19. The van der Waals surface area contributed by atoms with Crippen molar-refractivity contribution < 1.29 is 9.69 Å². The topological polar surface area (TPSA) is 33.5 Å². The summed E-state index contributed by atoms with van der Waals surface area (Å²) in [7, 11) is 0. The van der Waals surface area contributed by atoms with Crippen LogP contribution in [-0.4, -0.2) is 31.6 Å². The molecule has 4 aliphatic rings. The van der Waals surface area contributed by atoms with Gasteiger partial charge in [0.25, 0.3) is 0 Å². The van der Waals surface area contributed by atoms with Crippen molar-refractivity contribution in [2.75, 3.05) is 19.6 Å².